The quantitative estimate of drug-likeness (QED) is 0.626. The van der Waals surface area contributed by atoms with Crippen molar-refractivity contribution in [2.75, 3.05) is 7.11 Å². The number of benzene rings is 1. The van der Waals surface area contributed by atoms with E-state index in [4.69, 9.17) is 0 Å². The van der Waals surface area contributed by atoms with Crippen LogP contribution in [0.2, 0.25) is 0 Å². The van der Waals surface area contributed by atoms with E-state index in [2.05, 4.69) is 9.47 Å². The van der Waals surface area contributed by atoms with Gasteiger partial charge in [0.15, 0.2) is 0 Å². The van der Waals surface area contributed by atoms with Gasteiger partial charge in [0.25, 0.3) is 0 Å². The van der Waals surface area contributed by atoms with E-state index in [1.807, 2.05) is 0 Å². The molecule has 0 aromatic heterocycles. The monoisotopic (exact) mass is 276 g/mol. The third kappa shape index (κ3) is 4.61. The smallest absolute Gasteiger partial charge is 0.419 e. The molecule has 7 heteroatoms. The van der Waals surface area contributed by atoms with Gasteiger partial charge in [-0.1, -0.05) is 12.1 Å². The number of esters is 2. The second kappa shape index (κ2) is 6.21. The summed E-state index contributed by atoms with van der Waals surface area (Å²) in [5.41, 5.74) is -1.04. The Kier molecular flexibility index (Phi) is 4.91. The van der Waals surface area contributed by atoms with Crippen molar-refractivity contribution in [3.05, 3.63) is 29.8 Å². The van der Waals surface area contributed by atoms with Crippen molar-refractivity contribution in [1.29, 1.82) is 0 Å². The minimum absolute atomic E-state index is 0.247. The number of para-hydroxylation sites is 1. The Bertz CT molecular complexity index is 468. The summed E-state index contributed by atoms with van der Waals surface area (Å²) in [4.78, 5) is 22.1. The van der Waals surface area contributed by atoms with Crippen LogP contribution in [0.3, 0.4) is 0 Å². The van der Waals surface area contributed by atoms with Crippen LogP contribution in [0.5, 0.6) is 5.75 Å². The molecule has 0 unspecified atom stereocenters. The molecule has 0 radical (unpaired) electrons. The second-order valence-electron chi connectivity index (χ2n) is 3.54. The van der Waals surface area contributed by atoms with Crippen molar-refractivity contribution in [1.82, 2.24) is 0 Å². The summed E-state index contributed by atoms with van der Waals surface area (Å²) in [6, 6.07) is 4.36. The van der Waals surface area contributed by atoms with Gasteiger partial charge in [0.1, 0.15) is 5.75 Å². The molecule has 0 bridgehead atoms. The van der Waals surface area contributed by atoms with Gasteiger partial charge in [0.2, 0.25) is 0 Å². The van der Waals surface area contributed by atoms with Crippen LogP contribution in [0.4, 0.5) is 13.2 Å². The zero-order valence-electron chi connectivity index (χ0n) is 9.99. The number of hydrogen-bond donors (Lipinski definition) is 0. The molecule has 0 aliphatic heterocycles. The van der Waals surface area contributed by atoms with E-state index in [9.17, 15) is 22.8 Å². The minimum atomic E-state index is -4.61. The number of ether oxygens (including phenoxy) is 2. The van der Waals surface area contributed by atoms with Crippen LogP contribution >= 0.6 is 0 Å². The fourth-order valence-corrected chi connectivity index (χ4v) is 1.27. The third-order valence-corrected chi connectivity index (χ3v) is 2.18. The van der Waals surface area contributed by atoms with Crippen molar-refractivity contribution >= 4 is 11.9 Å². The molecule has 4 nitrogen and oxygen atoms in total. The Balaban J connectivity index is 2.72. The molecule has 0 saturated carbocycles. The number of carbonyl (C=O) groups excluding carboxylic acids is 2. The highest BCUT2D eigenvalue weighted by molar-refractivity contribution is 5.79. The summed E-state index contributed by atoms with van der Waals surface area (Å²) in [6.07, 6.45) is -5.21. The zero-order valence-corrected chi connectivity index (χ0v) is 9.99. The summed E-state index contributed by atoms with van der Waals surface area (Å²) in [5, 5.41) is 0. The maximum absolute atomic E-state index is 12.6. The fraction of sp³-hybridized carbons (Fsp3) is 0.333. The molecule has 1 rings (SSSR count). The van der Waals surface area contributed by atoms with Crippen molar-refractivity contribution in [3.63, 3.8) is 0 Å². The van der Waals surface area contributed by atoms with Crippen molar-refractivity contribution in [2.45, 2.75) is 19.0 Å². The predicted molar refractivity (Wildman–Crippen MR) is 58.3 cm³/mol. The van der Waals surface area contributed by atoms with Gasteiger partial charge >= 0.3 is 18.1 Å². The lowest BCUT2D eigenvalue weighted by atomic mass is 10.2. The Morgan fingerprint density at radius 2 is 1.68 bits per heavy atom. The van der Waals surface area contributed by atoms with Crippen molar-refractivity contribution in [2.24, 2.45) is 0 Å². The summed E-state index contributed by atoms with van der Waals surface area (Å²) in [7, 11) is 1.15. The Hall–Kier alpha value is -2.05. The summed E-state index contributed by atoms with van der Waals surface area (Å²) in [6.45, 7) is 0. The van der Waals surface area contributed by atoms with Crippen LogP contribution in [0, 0.1) is 0 Å². The van der Waals surface area contributed by atoms with Crippen LogP contribution in [0.1, 0.15) is 18.4 Å². The molecule has 0 aliphatic carbocycles. The molecule has 0 atom stereocenters. The molecule has 104 valence electrons. The zero-order chi connectivity index (χ0) is 14.5. The number of methoxy groups -OCH3 is 1. The topological polar surface area (TPSA) is 52.6 Å². The van der Waals surface area contributed by atoms with Gasteiger partial charge in [-0.25, -0.2) is 0 Å². The summed E-state index contributed by atoms with van der Waals surface area (Å²) >= 11 is 0. The van der Waals surface area contributed by atoms with Gasteiger partial charge in [-0.05, 0) is 12.1 Å². The SMILES string of the molecule is COC(=O)CCC(=O)Oc1ccccc1C(F)(F)F. The average Bonchev–Trinajstić information content (AvgIpc) is 2.35. The first-order valence-corrected chi connectivity index (χ1v) is 5.28. The average molecular weight is 276 g/mol. The van der Waals surface area contributed by atoms with Crippen molar-refractivity contribution in [3.8, 4) is 5.75 Å². The Morgan fingerprint density at radius 3 is 2.26 bits per heavy atom. The molecule has 1 aromatic carbocycles. The molecule has 19 heavy (non-hydrogen) atoms. The first kappa shape index (κ1) is 15.0. The molecule has 0 amide bonds. The Labute approximate surface area is 107 Å². The standard InChI is InChI=1S/C12H11F3O4/c1-18-10(16)6-7-11(17)19-9-5-3-2-4-8(9)12(13,14)15/h2-5H,6-7H2,1H3. The highest BCUT2D eigenvalue weighted by Gasteiger charge is 2.34. The lowest BCUT2D eigenvalue weighted by molar-refractivity contribution is -0.146. The van der Waals surface area contributed by atoms with Gasteiger partial charge in [-0.15, -0.1) is 0 Å². The highest BCUT2D eigenvalue weighted by atomic mass is 19.4. The van der Waals surface area contributed by atoms with E-state index >= 15 is 0 Å². The summed E-state index contributed by atoms with van der Waals surface area (Å²) in [5.74, 6) is -2.15. The number of alkyl halides is 3. The van der Waals surface area contributed by atoms with Crippen molar-refractivity contribution < 1.29 is 32.2 Å². The van der Waals surface area contributed by atoms with E-state index in [0.717, 1.165) is 19.2 Å². The van der Waals surface area contributed by atoms with E-state index in [1.165, 1.54) is 12.1 Å². The third-order valence-electron chi connectivity index (χ3n) is 2.18. The maximum Gasteiger partial charge on any atom is 0.419 e. The van der Waals surface area contributed by atoms with Crippen LogP contribution in [-0.4, -0.2) is 19.0 Å². The van der Waals surface area contributed by atoms with Gasteiger partial charge in [0.05, 0.1) is 25.5 Å². The van der Waals surface area contributed by atoms with E-state index in [0.29, 0.717) is 0 Å². The highest BCUT2D eigenvalue weighted by Crippen LogP contribution is 2.35. The van der Waals surface area contributed by atoms with Crippen LogP contribution in [-0.2, 0) is 20.5 Å². The molecular weight excluding hydrogens is 265 g/mol. The number of carbonyl (C=O) groups is 2. The van der Waals surface area contributed by atoms with Crippen LogP contribution in [0.25, 0.3) is 0 Å². The van der Waals surface area contributed by atoms with Gasteiger partial charge in [0, 0.05) is 0 Å². The normalized spacial score (nSPS) is 10.9. The largest absolute Gasteiger partial charge is 0.469 e. The first-order valence-electron chi connectivity index (χ1n) is 5.28. The fourth-order valence-electron chi connectivity index (χ4n) is 1.27. The number of hydrogen-bond acceptors (Lipinski definition) is 4. The van der Waals surface area contributed by atoms with E-state index in [1.54, 1.807) is 0 Å². The molecule has 1 aromatic rings. The molecular formula is C12H11F3O4. The molecule has 0 N–H and O–H groups in total. The minimum Gasteiger partial charge on any atom is -0.469 e. The number of halogens is 3. The molecule has 0 heterocycles. The van der Waals surface area contributed by atoms with E-state index < -0.39 is 29.4 Å². The van der Waals surface area contributed by atoms with Crippen LogP contribution in [0.15, 0.2) is 24.3 Å². The van der Waals surface area contributed by atoms with Gasteiger partial charge in [-0.3, -0.25) is 9.59 Å². The lowest BCUT2D eigenvalue weighted by Crippen LogP contribution is -2.14. The maximum atomic E-state index is 12.6. The van der Waals surface area contributed by atoms with Crippen LogP contribution < -0.4 is 4.74 Å². The first-order chi connectivity index (χ1) is 8.84. The molecule has 0 aliphatic rings. The Morgan fingerprint density at radius 1 is 1.11 bits per heavy atom. The van der Waals surface area contributed by atoms with Gasteiger partial charge < -0.3 is 9.47 Å². The van der Waals surface area contributed by atoms with E-state index in [-0.39, 0.29) is 12.8 Å². The molecule has 0 spiro atoms. The molecule has 0 saturated heterocycles. The molecule has 0 fully saturated rings. The second-order valence-corrected chi connectivity index (χ2v) is 3.54. The predicted octanol–water partition coefficient (Wildman–Crippen LogP) is 2.56. The lowest BCUT2D eigenvalue weighted by Gasteiger charge is -2.12. The summed E-state index contributed by atoms with van der Waals surface area (Å²) < 4.78 is 46.7. The number of rotatable bonds is 4. The van der Waals surface area contributed by atoms with Gasteiger partial charge in [-0.2, -0.15) is 13.2 Å².